The Hall–Kier alpha value is -2.67. The molecule has 3 aromatic heterocycles. The number of ether oxygens (including phenoxy) is 4. The van der Waals surface area contributed by atoms with Crippen molar-refractivity contribution in [1.82, 2.24) is 20.2 Å². The fraction of sp³-hybridized carbons (Fsp3) is 0.350. The molecule has 3 aromatic rings. The van der Waals surface area contributed by atoms with Crippen molar-refractivity contribution in [2.24, 2.45) is 0 Å². The number of carbonyl (C=O) groups excluding carboxylic acids is 1. The zero-order valence-electron chi connectivity index (χ0n) is 17.3. The maximum atomic E-state index is 13.1. The van der Waals surface area contributed by atoms with Crippen molar-refractivity contribution in [3.8, 4) is 22.1 Å². The van der Waals surface area contributed by atoms with Gasteiger partial charge in [0.05, 0.1) is 38.2 Å². The molecule has 1 aliphatic rings. The van der Waals surface area contributed by atoms with Crippen LogP contribution >= 0.6 is 27.3 Å². The van der Waals surface area contributed by atoms with Crippen molar-refractivity contribution >= 4 is 38.3 Å². The number of aryl methyl sites for hydroxylation is 1. The zero-order chi connectivity index (χ0) is 22.5. The number of hydrogen-bond acceptors (Lipinski definition) is 10. The van der Waals surface area contributed by atoms with Crippen LogP contribution in [0, 0.1) is 6.92 Å². The Balaban J connectivity index is 1.53. The molecule has 4 heterocycles. The molecule has 1 saturated heterocycles. The van der Waals surface area contributed by atoms with E-state index in [4.69, 9.17) is 18.9 Å². The summed E-state index contributed by atoms with van der Waals surface area (Å²) in [5, 5.41) is 11.3. The maximum absolute atomic E-state index is 13.1. The molecule has 4 rings (SSSR count). The summed E-state index contributed by atoms with van der Waals surface area (Å²) >= 11 is 4.49. The first-order chi connectivity index (χ1) is 15.5. The van der Waals surface area contributed by atoms with Crippen LogP contribution in [0.4, 0.5) is 5.13 Å². The van der Waals surface area contributed by atoms with Crippen LogP contribution in [-0.2, 0) is 9.47 Å². The molecule has 10 nitrogen and oxygen atoms in total. The summed E-state index contributed by atoms with van der Waals surface area (Å²) in [6, 6.07) is 3.61. The van der Waals surface area contributed by atoms with E-state index in [0.717, 1.165) is 16.9 Å². The molecule has 32 heavy (non-hydrogen) atoms. The van der Waals surface area contributed by atoms with E-state index in [2.05, 4.69) is 41.4 Å². The summed E-state index contributed by atoms with van der Waals surface area (Å²) < 4.78 is 22.7. The van der Waals surface area contributed by atoms with Gasteiger partial charge in [0.1, 0.15) is 23.1 Å². The Morgan fingerprint density at radius 3 is 2.97 bits per heavy atom. The van der Waals surface area contributed by atoms with Gasteiger partial charge in [-0.15, -0.1) is 5.10 Å². The first-order valence-electron chi connectivity index (χ1n) is 9.67. The van der Waals surface area contributed by atoms with Gasteiger partial charge in [-0.3, -0.25) is 15.1 Å². The first kappa shape index (κ1) is 22.5. The summed E-state index contributed by atoms with van der Waals surface area (Å²) in [6.07, 6.45) is 3.00. The van der Waals surface area contributed by atoms with E-state index in [1.165, 1.54) is 6.20 Å². The number of hydrogen-bond donors (Lipinski definition) is 1. The number of anilines is 1. The van der Waals surface area contributed by atoms with Crippen LogP contribution in [-0.4, -0.2) is 65.7 Å². The molecule has 0 aromatic carbocycles. The van der Waals surface area contributed by atoms with Gasteiger partial charge in [-0.2, -0.15) is 0 Å². The average molecular weight is 522 g/mol. The van der Waals surface area contributed by atoms with Gasteiger partial charge in [0, 0.05) is 18.0 Å². The van der Waals surface area contributed by atoms with E-state index in [1.54, 1.807) is 19.4 Å². The Labute approximate surface area is 196 Å². The van der Waals surface area contributed by atoms with E-state index in [0.29, 0.717) is 63.9 Å². The van der Waals surface area contributed by atoms with Gasteiger partial charge in [-0.05, 0) is 51.9 Å². The number of nitrogens with zero attached hydrogens (tertiary/aromatic N) is 4. The summed E-state index contributed by atoms with van der Waals surface area (Å²) in [7, 11) is 1.54. The van der Waals surface area contributed by atoms with Gasteiger partial charge in [0.2, 0.25) is 5.13 Å². The lowest BCUT2D eigenvalue weighted by Gasteiger charge is -2.22. The normalized spacial score (nSPS) is 15.9. The van der Waals surface area contributed by atoms with Crippen molar-refractivity contribution in [1.29, 1.82) is 0 Å². The molecule has 0 saturated carbocycles. The van der Waals surface area contributed by atoms with Crippen LogP contribution in [0.2, 0.25) is 0 Å². The van der Waals surface area contributed by atoms with Gasteiger partial charge < -0.3 is 18.9 Å². The Kier molecular flexibility index (Phi) is 7.25. The molecule has 1 fully saturated rings. The van der Waals surface area contributed by atoms with E-state index in [-0.39, 0.29) is 6.10 Å². The highest BCUT2D eigenvalue weighted by atomic mass is 79.9. The minimum atomic E-state index is -0.398. The highest BCUT2D eigenvalue weighted by molar-refractivity contribution is 9.10. The van der Waals surface area contributed by atoms with Crippen LogP contribution in [0.1, 0.15) is 16.1 Å². The highest BCUT2D eigenvalue weighted by Gasteiger charge is 2.22. The lowest BCUT2D eigenvalue weighted by molar-refractivity contribution is -0.101. The molecule has 0 spiro atoms. The van der Waals surface area contributed by atoms with Crippen molar-refractivity contribution < 1.29 is 23.7 Å². The van der Waals surface area contributed by atoms with Crippen LogP contribution in [0.5, 0.6) is 10.9 Å². The van der Waals surface area contributed by atoms with Crippen molar-refractivity contribution in [3.05, 3.63) is 40.4 Å². The fourth-order valence-electron chi connectivity index (χ4n) is 3.13. The van der Waals surface area contributed by atoms with Gasteiger partial charge in [0.15, 0.2) is 0 Å². The van der Waals surface area contributed by atoms with Gasteiger partial charge in [-0.25, -0.2) is 4.98 Å². The Morgan fingerprint density at radius 2 is 2.22 bits per heavy atom. The molecule has 168 valence electrons. The zero-order valence-corrected chi connectivity index (χ0v) is 19.7. The number of amides is 1. The number of carbonyl (C=O) groups is 1. The molecule has 1 amide bonds. The Morgan fingerprint density at radius 1 is 1.34 bits per heavy atom. The fourth-order valence-corrected chi connectivity index (χ4v) is 4.10. The molecule has 12 heteroatoms. The molecular formula is C20H20BrN5O5S. The van der Waals surface area contributed by atoms with E-state index in [1.807, 2.05) is 13.0 Å². The monoisotopic (exact) mass is 521 g/mol. The minimum absolute atomic E-state index is 0.154. The summed E-state index contributed by atoms with van der Waals surface area (Å²) in [4.78, 5) is 21.6. The molecule has 0 radical (unpaired) electrons. The minimum Gasteiger partial charge on any atom is -0.494 e. The van der Waals surface area contributed by atoms with Crippen LogP contribution < -0.4 is 14.8 Å². The largest absolute Gasteiger partial charge is 0.494 e. The molecular weight excluding hydrogens is 502 g/mol. The second kappa shape index (κ2) is 10.3. The van der Waals surface area contributed by atoms with Gasteiger partial charge in [0.25, 0.3) is 11.1 Å². The lowest BCUT2D eigenvalue weighted by atomic mass is 10.00. The first-order valence-corrected chi connectivity index (χ1v) is 11.3. The predicted octanol–water partition coefficient (Wildman–Crippen LogP) is 3.12. The molecule has 0 unspecified atom stereocenters. The molecule has 0 bridgehead atoms. The van der Waals surface area contributed by atoms with E-state index >= 15 is 0 Å². The van der Waals surface area contributed by atoms with Crippen molar-refractivity contribution in [2.45, 2.75) is 13.0 Å². The number of pyridine rings is 2. The highest BCUT2D eigenvalue weighted by Crippen LogP contribution is 2.36. The van der Waals surface area contributed by atoms with Gasteiger partial charge >= 0.3 is 0 Å². The topological polar surface area (TPSA) is 118 Å². The quantitative estimate of drug-likeness (QED) is 0.467. The van der Waals surface area contributed by atoms with E-state index in [9.17, 15) is 4.79 Å². The second-order valence-corrected chi connectivity index (χ2v) is 8.49. The van der Waals surface area contributed by atoms with Gasteiger partial charge in [-0.1, -0.05) is 5.10 Å². The number of nitrogens with one attached hydrogen (secondary N) is 1. The van der Waals surface area contributed by atoms with Crippen LogP contribution in [0.3, 0.4) is 0 Å². The van der Waals surface area contributed by atoms with Crippen molar-refractivity contribution in [3.63, 3.8) is 0 Å². The third-order valence-electron chi connectivity index (χ3n) is 4.58. The molecule has 1 N–H and O–H groups in total. The summed E-state index contributed by atoms with van der Waals surface area (Å²) in [5.74, 6) is 0.109. The number of aromatic nitrogens is 4. The van der Waals surface area contributed by atoms with Crippen LogP contribution in [0.25, 0.3) is 11.1 Å². The number of rotatable bonds is 7. The molecule has 1 atom stereocenters. The van der Waals surface area contributed by atoms with Crippen molar-refractivity contribution in [2.75, 3.05) is 38.9 Å². The SMILES string of the molecule is COc1c(C)ncc(C(=O)Nc2nnc(OC[C@@H]3COCCO3)s2)c1-c1ccnc(Br)c1. The standard InChI is InChI=1S/C20H20BrN5O5S/c1-11-17(28-2)16(12-3-4-22-15(21)7-12)14(8-23-11)18(27)24-19-25-26-20(32-19)31-10-13-9-29-5-6-30-13/h3-4,7-8,13H,5-6,9-10H2,1-2H3,(H,24,25,27)/t13-/m0/s1. The maximum Gasteiger partial charge on any atom is 0.295 e. The lowest BCUT2D eigenvalue weighted by Crippen LogP contribution is -2.33. The molecule has 1 aliphatic heterocycles. The number of halogens is 1. The van der Waals surface area contributed by atoms with E-state index < -0.39 is 5.91 Å². The molecule has 0 aliphatic carbocycles. The second-order valence-electron chi connectivity index (χ2n) is 6.74. The Bertz CT molecular complexity index is 1110. The summed E-state index contributed by atoms with van der Waals surface area (Å²) in [6.45, 7) is 3.70. The predicted molar refractivity (Wildman–Crippen MR) is 120 cm³/mol. The smallest absolute Gasteiger partial charge is 0.295 e. The number of methoxy groups -OCH3 is 1. The average Bonchev–Trinajstić information content (AvgIpc) is 3.25. The summed E-state index contributed by atoms with van der Waals surface area (Å²) in [5.41, 5.74) is 2.36. The third kappa shape index (κ3) is 5.21. The third-order valence-corrected chi connectivity index (χ3v) is 5.77. The van der Waals surface area contributed by atoms with Crippen LogP contribution in [0.15, 0.2) is 29.1 Å².